The lowest BCUT2D eigenvalue weighted by Gasteiger charge is -2.34. The first-order valence-electron chi connectivity index (χ1n) is 9.21. The lowest BCUT2D eigenvalue weighted by molar-refractivity contribution is 0.540. The summed E-state index contributed by atoms with van der Waals surface area (Å²) in [7, 11) is 0. The number of hydrogen-bond acceptors (Lipinski definition) is 6. The van der Waals surface area contributed by atoms with Gasteiger partial charge in [0, 0.05) is 36.8 Å². The fourth-order valence-corrected chi connectivity index (χ4v) is 3.57. The number of anilines is 2. The first-order valence-corrected chi connectivity index (χ1v) is 9.59. The van der Waals surface area contributed by atoms with E-state index in [-0.39, 0.29) is 0 Å². The SMILES string of the molecule is Clc1ccc2oc(N3CCN(c4ccc(-c5ccccc5)nn4)CC3)nc2c1. The molecule has 6 nitrogen and oxygen atoms in total. The molecule has 0 amide bonds. The van der Waals surface area contributed by atoms with Gasteiger partial charge >= 0.3 is 0 Å². The van der Waals surface area contributed by atoms with Crippen LogP contribution >= 0.6 is 11.6 Å². The van der Waals surface area contributed by atoms with E-state index in [0.717, 1.165) is 54.4 Å². The van der Waals surface area contributed by atoms with E-state index in [2.05, 4.69) is 25.0 Å². The molecule has 0 spiro atoms. The van der Waals surface area contributed by atoms with Crippen molar-refractivity contribution in [2.24, 2.45) is 0 Å². The fraction of sp³-hybridized carbons (Fsp3) is 0.190. The van der Waals surface area contributed by atoms with E-state index in [9.17, 15) is 0 Å². The number of halogens is 1. The molecule has 140 valence electrons. The van der Waals surface area contributed by atoms with Gasteiger partial charge in [-0.15, -0.1) is 10.2 Å². The summed E-state index contributed by atoms with van der Waals surface area (Å²) in [6.07, 6.45) is 0. The van der Waals surface area contributed by atoms with Crippen LogP contribution in [0.5, 0.6) is 0 Å². The second kappa shape index (κ2) is 7.13. The molecule has 0 atom stereocenters. The molecule has 4 aromatic rings. The minimum Gasteiger partial charge on any atom is -0.423 e. The highest BCUT2D eigenvalue weighted by molar-refractivity contribution is 6.31. The third-order valence-electron chi connectivity index (χ3n) is 4.93. The normalized spacial score (nSPS) is 14.6. The monoisotopic (exact) mass is 391 g/mol. The number of rotatable bonds is 3. The van der Waals surface area contributed by atoms with Crippen LogP contribution in [0.2, 0.25) is 5.02 Å². The predicted octanol–water partition coefficient (Wildman–Crippen LogP) is 4.26. The topological polar surface area (TPSA) is 58.3 Å². The number of benzene rings is 2. The zero-order valence-electron chi connectivity index (χ0n) is 15.1. The summed E-state index contributed by atoms with van der Waals surface area (Å²) >= 11 is 6.04. The van der Waals surface area contributed by atoms with Gasteiger partial charge in [-0.3, -0.25) is 0 Å². The maximum Gasteiger partial charge on any atom is 0.298 e. The molecule has 1 aliphatic rings. The zero-order valence-corrected chi connectivity index (χ0v) is 15.9. The molecule has 3 heterocycles. The average molecular weight is 392 g/mol. The van der Waals surface area contributed by atoms with Gasteiger partial charge in [0.1, 0.15) is 5.52 Å². The van der Waals surface area contributed by atoms with Gasteiger partial charge in [-0.1, -0.05) is 41.9 Å². The lowest BCUT2D eigenvalue weighted by atomic mass is 10.1. The summed E-state index contributed by atoms with van der Waals surface area (Å²) in [5.41, 5.74) is 3.49. The van der Waals surface area contributed by atoms with Crippen LogP contribution in [0.4, 0.5) is 11.8 Å². The highest BCUT2D eigenvalue weighted by Crippen LogP contribution is 2.26. The van der Waals surface area contributed by atoms with Crippen molar-refractivity contribution < 1.29 is 4.42 Å². The van der Waals surface area contributed by atoms with Crippen molar-refractivity contribution >= 4 is 34.5 Å². The summed E-state index contributed by atoms with van der Waals surface area (Å²) < 4.78 is 5.88. The Hall–Kier alpha value is -3.12. The largest absolute Gasteiger partial charge is 0.423 e. The zero-order chi connectivity index (χ0) is 18.9. The van der Waals surface area contributed by atoms with E-state index in [1.807, 2.05) is 60.7 Å². The molecule has 0 radical (unpaired) electrons. The van der Waals surface area contributed by atoms with E-state index >= 15 is 0 Å². The average Bonchev–Trinajstić information content (AvgIpc) is 3.18. The maximum atomic E-state index is 6.04. The van der Waals surface area contributed by atoms with Gasteiger partial charge in [0.2, 0.25) is 0 Å². The number of aromatic nitrogens is 3. The molecule has 7 heteroatoms. The third-order valence-corrected chi connectivity index (χ3v) is 5.17. The Morgan fingerprint density at radius 3 is 2.36 bits per heavy atom. The molecule has 0 N–H and O–H groups in total. The number of piperazine rings is 1. The molecule has 28 heavy (non-hydrogen) atoms. The second-order valence-corrected chi connectivity index (χ2v) is 7.16. The van der Waals surface area contributed by atoms with Crippen LogP contribution in [0, 0.1) is 0 Å². The van der Waals surface area contributed by atoms with Crippen LogP contribution in [0.25, 0.3) is 22.4 Å². The van der Waals surface area contributed by atoms with E-state index in [1.54, 1.807) is 0 Å². The molecule has 0 unspecified atom stereocenters. The van der Waals surface area contributed by atoms with E-state index in [4.69, 9.17) is 16.0 Å². The van der Waals surface area contributed by atoms with Gasteiger partial charge in [-0.2, -0.15) is 4.98 Å². The van der Waals surface area contributed by atoms with Crippen LogP contribution < -0.4 is 9.80 Å². The maximum absolute atomic E-state index is 6.04. The van der Waals surface area contributed by atoms with Gasteiger partial charge in [0.05, 0.1) is 5.69 Å². The van der Waals surface area contributed by atoms with Crippen LogP contribution in [0.1, 0.15) is 0 Å². The van der Waals surface area contributed by atoms with Crippen molar-refractivity contribution in [3.63, 3.8) is 0 Å². The number of nitrogens with zero attached hydrogens (tertiary/aromatic N) is 5. The molecule has 5 rings (SSSR count). The fourth-order valence-electron chi connectivity index (χ4n) is 3.41. The van der Waals surface area contributed by atoms with Crippen molar-refractivity contribution in [1.29, 1.82) is 0 Å². The van der Waals surface area contributed by atoms with Crippen molar-refractivity contribution in [2.75, 3.05) is 36.0 Å². The van der Waals surface area contributed by atoms with Gasteiger partial charge in [0.25, 0.3) is 6.01 Å². The summed E-state index contributed by atoms with van der Waals surface area (Å²) in [6, 6.07) is 20.3. The minimum absolute atomic E-state index is 0.641. The van der Waals surface area contributed by atoms with E-state index in [1.165, 1.54) is 0 Å². The summed E-state index contributed by atoms with van der Waals surface area (Å²) in [5.74, 6) is 0.892. The molecule has 1 saturated heterocycles. The Kier molecular flexibility index (Phi) is 4.33. The van der Waals surface area contributed by atoms with Gasteiger partial charge in [0.15, 0.2) is 11.4 Å². The first kappa shape index (κ1) is 17.0. The molecule has 1 fully saturated rings. The molecular weight excluding hydrogens is 374 g/mol. The Bertz CT molecular complexity index is 1090. The van der Waals surface area contributed by atoms with Crippen LogP contribution in [0.15, 0.2) is 65.1 Å². The lowest BCUT2D eigenvalue weighted by Crippen LogP contribution is -2.47. The highest BCUT2D eigenvalue weighted by Gasteiger charge is 2.22. The van der Waals surface area contributed by atoms with Crippen LogP contribution in [-0.4, -0.2) is 41.4 Å². The summed E-state index contributed by atoms with van der Waals surface area (Å²) in [5, 5.41) is 9.48. The van der Waals surface area contributed by atoms with Gasteiger partial charge in [-0.05, 0) is 30.3 Å². The van der Waals surface area contributed by atoms with Crippen LogP contribution in [-0.2, 0) is 0 Å². The smallest absolute Gasteiger partial charge is 0.298 e. The summed E-state index contributed by atoms with van der Waals surface area (Å²) in [4.78, 5) is 8.95. The molecule has 0 bridgehead atoms. The van der Waals surface area contributed by atoms with E-state index in [0.29, 0.717) is 11.0 Å². The Morgan fingerprint density at radius 1 is 0.821 bits per heavy atom. The molecule has 1 aliphatic heterocycles. The predicted molar refractivity (Wildman–Crippen MR) is 111 cm³/mol. The molecule has 2 aromatic heterocycles. The van der Waals surface area contributed by atoms with Crippen molar-refractivity contribution in [2.45, 2.75) is 0 Å². The quantitative estimate of drug-likeness (QED) is 0.520. The molecular formula is C21H18ClN5O. The Labute approximate surface area is 167 Å². The number of fused-ring (bicyclic) bond motifs is 1. The Morgan fingerprint density at radius 2 is 1.61 bits per heavy atom. The third kappa shape index (κ3) is 3.27. The van der Waals surface area contributed by atoms with Gasteiger partial charge in [-0.25, -0.2) is 0 Å². The Balaban J connectivity index is 1.27. The van der Waals surface area contributed by atoms with Crippen molar-refractivity contribution in [3.8, 4) is 11.3 Å². The molecule has 0 aliphatic carbocycles. The summed E-state index contributed by atoms with van der Waals surface area (Å²) in [6.45, 7) is 3.28. The van der Waals surface area contributed by atoms with Crippen molar-refractivity contribution in [3.05, 3.63) is 65.7 Å². The van der Waals surface area contributed by atoms with Gasteiger partial charge < -0.3 is 14.2 Å². The molecule has 0 saturated carbocycles. The van der Waals surface area contributed by atoms with Crippen LogP contribution in [0.3, 0.4) is 0 Å². The molecule has 2 aromatic carbocycles. The highest BCUT2D eigenvalue weighted by atomic mass is 35.5. The first-order chi connectivity index (χ1) is 13.8. The standard InChI is InChI=1S/C21H18ClN5O/c22-16-6-8-19-18(14-16)23-21(28-19)27-12-10-26(11-13-27)20-9-7-17(24-25-20)15-4-2-1-3-5-15/h1-9,14H,10-13H2. The number of oxazole rings is 1. The van der Waals surface area contributed by atoms with E-state index < -0.39 is 0 Å². The second-order valence-electron chi connectivity index (χ2n) is 6.73. The number of hydrogen-bond donors (Lipinski definition) is 0. The minimum atomic E-state index is 0.641. The van der Waals surface area contributed by atoms with Crippen molar-refractivity contribution in [1.82, 2.24) is 15.2 Å².